The first-order valence-electron chi connectivity index (χ1n) is 7.35. The van der Waals surface area contributed by atoms with Gasteiger partial charge in [0.2, 0.25) is 0 Å². The summed E-state index contributed by atoms with van der Waals surface area (Å²) >= 11 is 0. The van der Waals surface area contributed by atoms with Gasteiger partial charge < -0.3 is 5.32 Å². The van der Waals surface area contributed by atoms with Gasteiger partial charge in [0.15, 0.2) is 17.5 Å². The minimum absolute atomic E-state index is 0.361. The van der Waals surface area contributed by atoms with Gasteiger partial charge in [-0.2, -0.15) is 0 Å². The zero-order valence-electron chi connectivity index (χ0n) is 12.3. The molecule has 0 radical (unpaired) electrons. The predicted octanol–water partition coefficient (Wildman–Crippen LogP) is 4.80. The van der Waals surface area contributed by atoms with Crippen molar-refractivity contribution in [2.75, 3.05) is 6.54 Å². The van der Waals surface area contributed by atoms with E-state index < -0.39 is 17.5 Å². The molecule has 0 amide bonds. The van der Waals surface area contributed by atoms with Crippen LogP contribution in [0.15, 0.2) is 12.1 Å². The maximum Gasteiger partial charge on any atom is 0.194 e. The standard InChI is InChI=1S/C16H24F3N/c1-12(2)7-5-3-4-6-8-20-11-13-9-14(17)16(19)15(18)10-13/h9-10,12,20H,3-8,11H2,1-2H3. The summed E-state index contributed by atoms with van der Waals surface area (Å²) in [6.45, 7) is 5.62. The Morgan fingerprint density at radius 1 is 0.950 bits per heavy atom. The van der Waals surface area contributed by atoms with Crippen molar-refractivity contribution in [1.29, 1.82) is 0 Å². The normalized spacial score (nSPS) is 11.3. The Hall–Kier alpha value is -1.03. The van der Waals surface area contributed by atoms with Crippen molar-refractivity contribution >= 4 is 0 Å². The second kappa shape index (κ2) is 9.01. The Labute approximate surface area is 119 Å². The van der Waals surface area contributed by atoms with Crippen LogP contribution in [0.2, 0.25) is 0 Å². The second-order valence-electron chi connectivity index (χ2n) is 5.65. The molecule has 0 atom stereocenters. The largest absolute Gasteiger partial charge is 0.313 e. The fourth-order valence-electron chi connectivity index (χ4n) is 2.10. The molecule has 1 rings (SSSR count). The van der Waals surface area contributed by atoms with E-state index in [1.807, 2.05) is 0 Å². The fraction of sp³-hybridized carbons (Fsp3) is 0.625. The van der Waals surface area contributed by atoms with E-state index in [9.17, 15) is 13.2 Å². The molecule has 0 bridgehead atoms. The highest BCUT2D eigenvalue weighted by molar-refractivity contribution is 5.19. The summed E-state index contributed by atoms with van der Waals surface area (Å²) in [5, 5.41) is 3.12. The molecule has 1 N–H and O–H groups in total. The van der Waals surface area contributed by atoms with Crippen LogP contribution in [0.4, 0.5) is 13.2 Å². The van der Waals surface area contributed by atoms with E-state index in [1.165, 1.54) is 19.3 Å². The lowest BCUT2D eigenvalue weighted by molar-refractivity contribution is 0.444. The molecule has 0 saturated carbocycles. The van der Waals surface area contributed by atoms with Crippen molar-refractivity contribution < 1.29 is 13.2 Å². The Morgan fingerprint density at radius 2 is 1.55 bits per heavy atom. The number of nitrogens with one attached hydrogen (secondary N) is 1. The maximum absolute atomic E-state index is 13.0. The molecule has 0 aromatic heterocycles. The summed E-state index contributed by atoms with van der Waals surface area (Å²) in [5.41, 5.74) is 0.432. The van der Waals surface area contributed by atoms with E-state index in [1.54, 1.807) is 0 Å². The van der Waals surface area contributed by atoms with Gasteiger partial charge in [0.1, 0.15) is 0 Å². The second-order valence-corrected chi connectivity index (χ2v) is 5.65. The average molecular weight is 287 g/mol. The molecule has 0 aliphatic carbocycles. The molecule has 20 heavy (non-hydrogen) atoms. The third-order valence-electron chi connectivity index (χ3n) is 3.26. The molecule has 4 heteroatoms. The van der Waals surface area contributed by atoms with Crippen LogP contribution in [-0.2, 0) is 6.54 Å². The first-order chi connectivity index (χ1) is 9.50. The van der Waals surface area contributed by atoms with Crippen LogP contribution >= 0.6 is 0 Å². The van der Waals surface area contributed by atoms with Gasteiger partial charge in [-0.1, -0.05) is 39.5 Å². The highest BCUT2D eigenvalue weighted by atomic mass is 19.2. The molecule has 0 saturated heterocycles. The van der Waals surface area contributed by atoms with Gasteiger partial charge in [-0.15, -0.1) is 0 Å². The van der Waals surface area contributed by atoms with Gasteiger partial charge in [-0.05, 0) is 36.6 Å². The zero-order chi connectivity index (χ0) is 15.0. The molecule has 0 aliphatic heterocycles. The van der Waals surface area contributed by atoms with Crippen molar-refractivity contribution in [2.45, 2.75) is 52.5 Å². The van der Waals surface area contributed by atoms with Gasteiger partial charge in [0.05, 0.1) is 0 Å². The number of benzene rings is 1. The van der Waals surface area contributed by atoms with Crippen LogP contribution in [0.5, 0.6) is 0 Å². The lowest BCUT2D eigenvalue weighted by atomic mass is 10.0. The van der Waals surface area contributed by atoms with E-state index in [4.69, 9.17) is 0 Å². The summed E-state index contributed by atoms with van der Waals surface area (Å²) in [6, 6.07) is 2.07. The number of rotatable bonds is 9. The number of halogens is 3. The zero-order valence-corrected chi connectivity index (χ0v) is 12.3. The topological polar surface area (TPSA) is 12.0 Å². The molecule has 0 heterocycles. The van der Waals surface area contributed by atoms with Crippen LogP contribution in [0.1, 0.15) is 51.5 Å². The van der Waals surface area contributed by atoms with Crippen LogP contribution in [-0.4, -0.2) is 6.54 Å². The van der Waals surface area contributed by atoms with Crippen molar-refractivity contribution in [2.24, 2.45) is 5.92 Å². The van der Waals surface area contributed by atoms with E-state index in [0.717, 1.165) is 37.4 Å². The Bertz CT molecular complexity index is 382. The monoisotopic (exact) mass is 287 g/mol. The van der Waals surface area contributed by atoms with Crippen LogP contribution in [0.3, 0.4) is 0 Å². The highest BCUT2D eigenvalue weighted by Crippen LogP contribution is 2.13. The van der Waals surface area contributed by atoms with E-state index >= 15 is 0 Å². The van der Waals surface area contributed by atoms with Crippen molar-refractivity contribution in [3.8, 4) is 0 Å². The molecular formula is C16H24F3N. The maximum atomic E-state index is 13.0. The van der Waals surface area contributed by atoms with Crippen molar-refractivity contribution in [3.05, 3.63) is 35.1 Å². The minimum Gasteiger partial charge on any atom is -0.313 e. The molecule has 0 spiro atoms. The number of unbranched alkanes of at least 4 members (excludes halogenated alkanes) is 3. The van der Waals surface area contributed by atoms with Gasteiger partial charge in [-0.3, -0.25) is 0 Å². The lowest BCUT2D eigenvalue weighted by Gasteiger charge is -2.07. The summed E-state index contributed by atoms with van der Waals surface area (Å²) in [4.78, 5) is 0. The third kappa shape index (κ3) is 6.42. The molecule has 1 aromatic carbocycles. The summed E-state index contributed by atoms with van der Waals surface area (Å²) < 4.78 is 38.7. The number of hydrogen-bond acceptors (Lipinski definition) is 1. The summed E-state index contributed by atoms with van der Waals surface area (Å²) in [5.74, 6) is -2.90. The summed E-state index contributed by atoms with van der Waals surface area (Å²) in [6.07, 6.45) is 5.95. The van der Waals surface area contributed by atoms with Crippen LogP contribution in [0.25, 0.3) is 0 Å². The van der Waals surface area contributed by atoms with Crippen molar-refractivity contribution in [1.82, 2.24) is 5.32 Å². The summed E-state index contributed by atoms with van der Waals surface area (Å²) in [7, 11) is 0. The SMILES string of the molecule is CC(C)CCCCCCNCc1cc(F)c(F)c(F)c1. The molecular weight excluding hydrogens is 263 g/mol. The molecule has 0 unspecified atom stereocenters. The minimum atomic E-state index is -1.40. The van der Waals surface area contributed by atoms with Crippen LogP contribution in [0, 0.1) is 23.4 Å². The van der Waals surface area contributed by atoms with Gasteiger partial charge >= 0.3 is 0 Å². The molecule has 1 nitrogen and oxygen atoms in total. The van der Waals surface area contributed by atoms with E-state index in [2.05, 4.69) is 19.2 Å². The van der Waals surface area contributed by atoms with Gasteiger partial charge in [-0.25, -0.2) is 13.2 Å². The quantitative estimate of drug-likeness (QED) is 0.508. The van der Waals surface area contributed by atoms with Crippen LogP contribution < -0.4 is 5.32 Å². The van der Waals surface area contributed by atoms with Gasteiger partial charge in [0.25, 0.3) is 0 Å². The lowest BCUT2D eigenvalue weighted by Crippen LogP contribution is -2.15. The van der Waals surface area contributed by atoms with Crippen molar-refractivity contribution in [3.63, 3.8) is 0 Å². The highest BCUT2D eigenvalue weighted by Gasteiger charge is 2.09. The molecule has 0 fully saturated rings. The molecule has 1 aromatic rings. The van der Waals surface area contributed by atoms with E-state index in [-0.39, 0.29) is 0 Å². The van der Waals surface area contributed by atoms with E-state index in [0.29, 0.717) is 12.1 Å². The number of hydrogen-bond donors (Lipinski definition) is 1. The Balaban J connectivity index is 2.13. The smallest absolute Gasteiger partial charge is 0.194 e. The Morgan fingerprint density at radius 3 is 2.15 bits per heavy atom. The predicted molar refractivity (Wildman–Crippen MR) is 75.9 cm³/mol. The first-order valence-corrected chi connectivity index (χ1v) is 7.35. The average Bonchev–Trinajstić information content (AvgIpc) is 2.38. The van der Waals surface area contributed by atoms with Gasteiger partial charge in [0, 0.05) is 6.54 Å². The molecule has 114 valence electrons. The Kier molecular flexibility index (Phi) is 7.67. The first kappa shape index (κ1) is 17.0. The molecule has 0 aliphatic rings. The third-order valence-corrected chi connectivity index (χ3v) is 3.26. The fourth-order valence-corrected chi connectivity index (χ4v) is 2.10.